The molecule has 0 unspecified atom stereocenters. The lowest BCUT2D eigenvalue weighted by Gasteiger charge is -2.10. The van der Waals surface area contributed by atoms with Gasteiger partial charge < -0.3 is 0 Å². The third kappa shape index (κ3) is 1.34. The smallest absolute Gasteiger partial charge is 0.283 e. The van der Waals surface area contributed by atoms with Crippen molar-refractivity contribution in [2.24, 2.45) is 0 Å². The first-order valence-corrected chi connectivity index (χ1v) is 4.59. The van der Waals surface area contributed by atoms with Crippen LogP contribution in [0.1, 0.15) is 17.3 Å². The minimum absolute atomic E-state index is 0.183. The van der Waals surface area contributed by atoms with E-state index in [0.717, 1.165) is 4.90 Å². The summed E-state index contributed by atoms with van der Waals surface area (Å²) in [6.45, 7) is 1.23. The predicted octanol–water partition coefficient (Wildman–Crippen LogP) is 1.42. The molecule has 2 rings (SSSR count). The molecule has 1 aliphatic heterocycles. The zero-order valence-electron chi connectivity index (χ0n) is 7.78. The molecule has 0 aliphatic carbocycles. The number of benzene rings is 1. The molecule has 1 heterocycles. The van der Waals surface area contributed by atoms with Gasteiger partial charge in [0.15, 0.2) is 0 Å². The van der Waals surface area contributed by atoms with E-state index in [1.165, 1.54) is 25.1 Å². The third-order valence-corrected chi connectivity index (χ3v) is 2.39. The largest absolute Gasteiger partial charge is 0.306 e. The Labute approximate surface area is 90.4 Å². The highest BCUT2D eigenvalue weighted by molar-refractivity contribution is 6.56. The molecule has 0 N–H and O–H groups in total. The number of imide groups is 1. The zero-order valence-corrected chi connectivity index (χ0v) is 8.54. The summed E-state index contributed by atoms with van der Waals surface area (Å²) in [5.74, 6) is -1.99. The Morgan fingerprint density at radius 3 is 2.60 bits per heavy atom. The number of halogens is 1. The second-order valence-corrected chi connectivity index (χ2v) is 3.59. The maximum Gasteiger partial charge on any atom is 0.306 e. The van der Waals surface area contributed by atoms with Crippen molar-refractivity contribution in [3.63, 3.8) is 0 Å². The number of rotatable bonds is 0. The van der Waals surface area contributed by atoms with Crippen molar-refractivity contribution in [3.05, 3.63) is 28.8 Å². The molecule has 2 amide bonds. The van der Waals surface area contributed by atoms with Crippen LogP contribution in [0, 0.1) is 0 Å². The number of carbonyl (C=O) groups is 3. The molecule has 5 heteroatoms. The number of ketones is 1. The van der Waals surface area contributed by atoms with Crippen LogP contribution in [0.2, 0.25) is 5.02 Å². The first-order chi connectivity index (χ1) is 7.02. The number of hydrogen-bond acceptors (Lipinski definition) is 3. The van der Waals surface area contributed by atoms with E-state index in [4.69, 9.17) is 11.6 Å². The molecule has 0 saturated carbocycles. The molecule has 0 atom stereocenters. The summed E-state index contributed by atoms with van der Waals surface area (Å²) in [5.41, 5.74) is 0.490. The van der Waals surface area contributed by atoms with E-state index in [0.29, 0.717) is 10.7 Å². The Kier molecular flexibility index (Phi) is 2.08. The van der Waals surface area contributed by atoms with E-state index in [1.807, 2.05) is 0 Å². The summed E-state index contributed by atoms with van der Waals surface area (Å²) >= 11 is 5.70. The van der Waals surface area contributed by atoms with Crippen LogP contribution in [0.15, 0.2) is 18.2 Å². The molecule has 0 saturated heterocycles. The van der Waals surface area contributed by atoms with Crippen molar-refractivity contribution in [2.45, 2.75) is 6.92 Å². The molecule has 0 radical (unpaired) electrons. The maximum absolute atomic E-state index is 11.5. The summed E-state index contributed by atoms with van der Waals surface area (Å²) in [6.07, 6.45) is 0. The van der Waals surface area contributed by atoms with Crippen molar-refractivity contribution in [2.75, 3.05) is 4.90 Å². The van der Waals surface area contributed by atoms with Crippen molar-refractivity contribution >= 4 is 34.9 Å². The average molecular weight is 224 g/mol. The van der Waals surface area contributed by atoms with Gasteiger partial charge in [0.05, 0.1) is 11.3 Å². The number of fused-ring (bicyclic) bond motifs is 1. The van der Waals surface area contributed by atoms with Crippen molar-refractivity contribution in [1.29, 1.82) is 0 Å². The summed E-state index contributed by atoms with van der Waals surface area (Å²) < 4.78 is 0. The second kappa shape index (κ2) is 3.17. The van der Waals surface area contributed by atoms with Crippen LogP contribution in [0.4, 0.5) is 5.69 Å². The SMILES string of the molecule is CC(=O)N1C(=O)C(=O)c2cc(Cl)ccc21. The van der Waals surface area contributed by atoms with Gasteiger partial charge >= 0.3 is 5.91 Å². The van der Waals surface area contributed by atoms with Crippen molar-refractivity contribution < 1.29 is 14.4 Å². The van der Waals surface area contributed by atoms with Crippen LogP contribution < -0.4 is 4.90 Å². The van der Waals surface area contributed by atoms with Gasteiger partial charge in [-0.3, -0.25) is 14.4 Å². The highest BCUT2D eigenvalue weighted by Gasteiger charge is 2.38. The fourth-order valence-electron chi connectivity index (χ4n) is 1.52. The summed E-state index contributed by atoms with van der Waals surface area (Å²) in [6, 6.07) is 4.41. The van der Waals surface area contributed by atoms with Gasteiger partial charge in [-0.15, -0.1) is 0 Å². The minimum atomic E-state index is -0.820. The Morgan fingerprint density at radius 2 is 2.00 bits per heavy atom. The molecule has 1 aromatic carbocycles. The lowest BCUT2D eigenvalue weighted by molar-refractivity contribution is -0.122. The molecule has 0 aromatic heterocycles. The zero-order chi connectivity index (χ0) is 11.2. The Morgan fingerprint density at radius 1 is 1.33 bits per heavy atom. The molecule has 15 heavy (non-hydrogen) atoms. The fraction of sp³-hybridized carbons (Fsp3) is 0.100. The first kappa shape index (κ1) is 9.86. The number of anilines is 1. The van der Waals surface area contributed by atoms with E-state index in [1.54, 1.807) is 0 Å². The van der Waals surface area contributed by atoms with E-state index >= 15 is 0 Å². The van der Waals surface area contributed by atoms with Gasteiger partial charge in [0.1, 0.15) is 0 Å². The van der Waals surface area contributed by atoms with E-state index in [-0.39, 0.29) is 5.56 Å². The summed E-state index contributed by atoms with van der Waals surface area (Å²) in [7, 11) is 0. The topological polar surface area (TPSA) is 54.5 Å². The molecule has 0 fully saturated rings. The van der Waals surface area contributed by atoms with Gasteiger partial charge in [-0.1, -0.05) is 11.6 Å². The van der Waals surface area contributed by atoms with Gasteiger partial charge in [0.2, 0.25) is 5.91 Å². The molecular weight excluding hydrogens is 218 g/mol. The second-order valence-electron chi connectivity index (χ2n) is 3.15. The van der Waals surface area contributed by atoms with Crippen LogP contribution in [-0.2, 0) is 9.59 Å². The monoisotopic (exact) mass is 223 g/mol. The van der Waals surface area contributed by atoms with Crippen LogP contribution in [0.25, 0.3) is 0 Å². The van der Waals surface area contributed by atoms with E-state index in [2.05, 4.69) is 0 Å². The number of carbonyl (C=O) groups excluding carboxylic acids is 3. The number of Topliss-reactive ketones (excluding diaryl/α,β-unsaturated/α-hetero) is 1. The molecule has 4 nitrogen and oxygen atoms in total. The standard InChI is InChI=1S/C10H6ClNO3/c1-5(13)12-8-3-2-6(11)4-7(8)9(14)10(12)15/h2-4H,1H3. The third-order valence-electron chi connectivity index (χ3n) is 2.16. The van der Waals surface area contributed by atoms with Crippen LogP contribution in [0.3, 0.4) is 0 Å². The van der Waals surface area contributed by atoms with Gasteiger partial charge in [-0.2, -0.15) is 0 Å². The first-order valence-electron chi connectivity index (χ1n) is 4.21. The lowest BCUT2D eigenvalue weighted by Crippen LogP contribution is -2.33. The van der Waals surface area contributed by atoms with Crippen molar-refractivity contribution in [1.82, 2.24) is 0 Å². The van der Waals surface area contributed by atoms with Crippen molar-refractivity contribution in [3.8, 4) is 0 Å². The quantitative estimate of drug-likeness (QED) is 0.625. The Bertz CT molecular complexity index is 495. The van der Waals surface area contributed by atoms with Crippen LogP contribution >= 0.6 is 11.6 Å². The Hall–Kier alpha value is -1.68. The van der Waals surface area contributed by atoms with Gasteiger partial charge in [-0.05, 0) is 18.2 Å². The molecule has 1 aliphatic rings. The Balaban J connectivity index is 2.66. The van der Waals surface area contributed by atoms with Crippen LogP contribution in [0.5, 0.6) is 0 Å². The number of nitrogens with zero attached hydrogens (tertiary/aromatic N) is 1. The number of hydrogen-bond donors (Lipinski definition) is 0. The van der Waals surface area contributed by atoms with E-state index < -0.39 is 17.6 Å². The highest BCUT2D eigenvalue weighted by Crippen LogP contribution is 2.31. The maximum atomic E-state index is 11.5. The van der Waals surface area contributed by atoms with Gasteiger partial charge in [-0.25, -0.2) is 4.90 Å². The van der Waals surface area contributed by atoms with Gasteiger partial charge in [0.25, 0.3) is 5.78 Å². The summed E-state index contributed by atoms with van der Waals surface area (Å²) in [4.78, 5) is 34.9. The summed E-state index contributed by atoms with van der Waals surface area (Å²) in [5, 5.41) is 0.361. The minimum Gasteiger partial charge on any atom is -0.283 e. The number of amides is 2. The highest BCUT2D eigenvalue weighted by atomic mass is 35.5. The normalized spacial score (nSPS) is 14.4. The molecule has 1 aromatic rings. The van der Waals surface area contributed by atoms with Gasteiger partial charge in [0, 0.05) is 11.9 Å². The predicted molar refractivity (Wildman–Crippen MR) is 53.9 cm³/mol. The van der Waals surface area contributed by atoms with E-state index in [9.17, 15) is 14.4 Å². The lowest BCUT2D eigenvalue weighted by atomic mass is 10.1. The molecule has 0 spiro atoms. The van der Waals surface area contributed by atoms with Crippen LogP contribution in [-0.4, -0.2) is 17.6 Å². The molecular formula is C10H6ClNO3. The molecule has 0 bridgehead atoms. The fourth-order valence-corrected chi connectivity index (χ4v) is 1.70. The average Bonchev–Trinajstić information content (AvgIpc) is 2.41. The molecule has 76 valence electrons.